The number of carbonyl (C=O) groups excluding carboxylic acids is 2. The molecule has 0 saturated carbocycles. The van der Waals surface area contributed by atoms with Crippen LogP contribution in [0.1, 0.15) is 46.8 Å². The van der Waals surface area contributed by atoms with Crippen molar-refractivity contribution in [3.63, 3.8) is 0 Å². The van der Waals surface area contributed by atoms with Crippen LogP contribution in [0.5, 0.6) is 5.75 Å². The van der Waals surface area contributed by atoms with Gasteiger partial charge in [0.05, 0.1) is 12.4 Å². The van der Waals surface area contributed by atoms with Crippen molar-refractivity contribution in [1.29, 1.82) is 0 Å². The number of hydrogen-bond donors (Lipinski definition) is 3. The molecule has 126 valence electrons. The van der Waals surface area contributed by atoms with Crippen molar-refractivity contribution in [2.45, 2.75) is 32.9 Å². The van der Waals surface area contributed by atoms with Crippen molar-refractivity contribution in [2.75, 3.05) is 0 Å². The van der Waals surface area contributed by atoms with E-state index in [2.05, 4.69) is 20.6 Å². The van der Waals surface area contributed by atoms with Crippen LogP contribution in [0, 0.1) is 0 Å². The topological polar surface area (TPSA) is 104 Å². The van der Waals surface area contributed by atoms with E-state index in [1.807, 2.05) is 19.9 Å². The molecule has 1 aromatic heterocycles. The van der Waals surface area contributed by atoms with Crippen molar-refractivity contribution in [3.05, 3.63) is 53.6 Å². The molecule has 0 radical (unpaired) electrons. The van der Waals surface area contributed by atoms with E-state index in [9.17, 15) is 9.59 Å². The third kappa shape index (κ3) is 4.77. The Kier molecular flexibility index (Phi) is 5.83. The highest BCUT2D eigenvalue weighted by Crippen LogP contribution is 2.07. The highest BCUT2D eigenvalue weighted by Gasteiger charge is 2.11. The number of carbonyl (C=O) groups is 2. The minimum atomic E-state index is -0.454. The second kappa shape index (κ2) is 8.05. The van der Waals surface area contributed by atoms with Crippen LogP contribution >= 0.6 is 0 Å². The Morgan fingerprint density at radius 2 is 1.92 bits per heavy atom. The van der Waals surface area contributed by atoms with Gasteiger partial charge in [-0.25, -0.2) is 9.97 Å². The zero-order chi connectivity index (χ0) is 17.5. The minimum Gasteiger partial charge on any atom is -0.505 e. The Balaban J connectivity index is 1.98. The highest BCUT2D eigenvalue weighted by molar-refractivity contribution is 5.94. The number of nitrogens with one attached hydrogen (secondary N) is 2. The fourth-order valence-corrected chi connectivity index (χ4v) is 1.93. The molecule has 7 nitrogen and oxygen atoms in total. The molecule has 1 unspecified atom stereocenters. The molecular formula is C17H20N4O3. The first-order valence-corrected chi connectivity index (χ1v) is 7.68. The lowest BCUT2D eigenvalue weighted by Gasteiger charge is -2.12. The summed E-state index contributed by atoms with van der Waals surface area (Å²) in [7, 11) is 0. The Morgan fingerprint density at radius 3 is 2.58 bits per heavy atom. The molecule has 0 spiro atoms. The predicted molar refractivity (Wildman–Crippen MR) is 88.5 cm³/mol. The van der Waals surface area contributed by atoms with E-state index in [1.165, 1.54) is 0 Å². The van der Waals surface area contributed by atoms with E-state index in [-0.39, 0.29) is 30.1 Å². The van der Waals surface area contributed by atoms with Crippen LogP contribution in [-0.4, -0.2) is 32.9 Å². The Labute approximate surface area is 140 Å². The molecule has 0 saturated heterocycles. The monoisotopic (exact) mass is 328 g/mol. The minimum absolute atomic E-state index is 0.0292. The predicted octanol–water partition coefficient (Wildman–Crippen LogP) is 1.64. The number of amides is 2. The van der Waals surface area contributed by atoms with Gasteiger partial charge in [-0.2, -0.15) is 0 Å². The fraction of sp³-hybridized carbons (Fsp3) is 0.294. The first kappa shape index (κ1) is 17.4. The van der Waals surface area contributed by atoms with Crippen molar-refractivity contribution in [2.24, 2.45) is 0 Å². The van der Waals surface area contributed by atoms with Gasteiger partial charge in [0.25, 0.3) is 11.8 Å². The molecule has 2 rings (SSSR count). The molecule has 0 aliphatic rings. The average Bonchev–Trinajstić information content (AvgIpc) is 2.60. The first-order valence-electron chi connectivity index (χ1n) is 7.68. The van der Waals surface area contributed by atoms with E-state index < -0.39 is 5.91 Å². The zero-order valence-corrected chi connectivity index (χ0v) is 13.6. The van der Waals surface area contributed by atoms with Crippen molar-refractivity contribution < 1.29 is 14.7 Å². The van der Waals surface area contributed by atoms with Gasteiger partial charge in [-0.15, -0.1) is 0 Å². The molecule has 24 heavy (non-hydrogen) atoms. The standard InChI is InChI=1S/C17H20N4O3/c1-3-11(2)21-16(23)13-6-4-5-12(7-13)8-20-17(24)15-18-9-14(22)10-19-15/h4-7,9-11,22H,3,8H2,1-2H3,(H,20,24)(H,21,23). The smallest absolute Gasteiger partial charge is 0.289 e. The third-order valence-corrected chi connectivity index (χ3v) is 3.47. The van der Waals surface area contributed by atoms with E-state index in [4.69, 9.17) is 5.11 Å². The second-order valence-corrected chi connectivity index (χ2v) is 5.43. The molecule has 1 aromatic carbocycles. The van der Waals surface area contributed by atoms with Gasteiger partial charge in [-0.1, -0.05) is 19.1 Å². The van der Waals surface area contributed by atoms with Gasteiger partial charge < -0.3 is 15.7 Å². The molecule has 3 N–H and O–H groups in total. The molecule has 0 aliphatic carbocycles. The number of benzene rings is 1. The van der Waals surface area contributed by atoms with Gasteiger partial charge in [0.2, 0.25) is 5.82 Å². The first-order chi connectivity index (χ1) is 11.5. The number of nitrogens with zero attached hydrogens (tertiary/aromatic N) is 2. The maximum absolute atomic E-state index is 12.1. The Hall–Kier alpha value is -2.96. The van der Waals surface area contributed by atoms with Gasteiger partial charge in [0.15, 0.2) is 5.75 Å². The Morgan fingerprint density at radius 1 is 1.21 bits per heavy atom. The van der Waals surface area contributed by atoms with Crippen LogP contribution in [-0.2, 0) is 6.54 Å². The van der Waals surface area contributed by atoms with Gasteiger partial charge >= 0.3 is 0 Å². The van der Waals surface area contributed by atoms with Gasteiger partial charge in [-0.3, -0.25) is 9.59 Å². The maximum Gasteiger partial charge on any atom is 0.289 e. The SMILES string of the molecule is CCC(C)NC(=O)c1cccc(CNC(=O)c2ncc(O)cn2)c1. The maximum atomic E-state index is 12.1. The fourth-order valence-electron chi connectivity index (χ4n) is 1.93. The number of rotatable bonds is 6. The van der Waals surface area contributed by atoms with E-state index >= 15 is 0 Å². The van der Waals surface area contributed by atoms with E-state index in [0.29, 0.717) is 5.56 Å². The van der Waals surface area contributed by atoms with Gasteiger partial charge in [0, 0.05) is 18.2 Å². The lowest BCUT2D eigenvalue weighted by atomic mass is 10.1. The van der Waals surface area contributed by atoms with E-state index in [0.717, 1.165) is 24.4 Å². The van der Waals surface area contributed by atoms with Crippen LogP contribution in [0.4, 0.5) is 0 Å². The molecule has 2 aromatic rings. The lowest BCUT2D eigenvalue weighted by molar-refractivity contribution is 0.0934. The Bertz CT molecular complexity index is 716. The number of aromatic hydroxyl groups is 1. The molecule has 7 heteroatoms. The molecule has 0 bridgehead atoms. The summed E-state index contributed by atoms with van der Waals surface area (Å²) in [6, 6.07) is 7.15. The summed E-state index contributed by atoms with van der Waals surface area (Å²) in [6.07, 6.45) is 3.16. The van der Waals surface area contributed by atoms with Gasteiger partial charge in [0.1, 0.15) is 0 Å². The summed E-state index contributed by atoms with van der Waals surface area (Å²) < 4.78 is 0. The zero-order valence-electron chi connectivity index (χ0n) is 13.6. The van der Waals surface area contributed by atoms with Gasteiger partial charge in [-0.05, 0) is 31.0 Å². The summed E-state index contributed by atoms with van der Waals surface area (Å²) in [4.78, 5) is 31.5. The molecule has 1 atom stereocenters. The van der Waals surface area contributed by atoms with Crippen molar-refractivity contribution >= 4 is 11.8 Å². The largest absolute Gasteiger partial charge is 0.505 e. The van der Waals surface area contributed by atoms with Crippen molar-refractivity contribution in [3.8, 4) is 5.75 Å². The summed E-state index contributed by atoms with van der Waals surface area (Å²) in [6.45, 7) is 4.19. The summed E-state index contributed by atoms with van der Waals surface area (Å²) in [5.41, 5.74) is 1.34. The normalized spacial score (nSPS) is 11.6. The molecule has 0 aliphatic heterocycles. The van der Waals surface area contributed by atoms with Crippen LogP contribution in [0.25, 0.3) is 0 Å². The van der Waals surface area contributed by atoms with Crippen molar-refractivity contribution in [1.82, 2.24) is 20.6 Å². The van der Waals surface area contributed by atoms with Crippen LogP contribution in [0.15, 0.2) is 36.7 Å². The lowest BCUT2D eigenvalue weighted by Crippen LogP contribution is -2.32. The molecule has 1 heterocycles. The summed E-state index contributed by atoms with van der Waals surface area (Å²) in [5, 5.41) is 14.7. The highest BCUT2D eigenvalue weighted by atomic mass is 16.3. The third-order valence-electron chi connectivity index (χ3n) is 3.47. The van der Waals surface area contributed by atoms with Crippen LogP contribution < -0.4 is 10.6 Å². The molecule has 0 fully saturated rings. The number of hydrogen-bond acceptors (Lipinski definition) is 5. The average molecular weight is 328 g/mol. The second-order valence-electron chi connectivity index (χ2n) is 5.43. The van der Waals surface area contributed by atoms with Crippen LogP contribution in [0.2, 0.25) is 0 Å². The number of aromatic nitrogens is 2. The molecule has 2 amide bonds. The molecular weight excluding hydrogens is 308 g/mol. The summed E-state index contributed by atoms with van der Waals surface area (Å²) in [5.74, 6) is -0.728. The quantitative estimate of drug-likeness (QED) is 0.748. The van der Waals surface area contributed by atoms with E-state index in [1.54, 1.807) is 18.2 Å². The summed E-state index contributed by atoms with van der Waals surface area (Å²) >= 11 is 0. The van der Waals surface area contributed by atoms with Crippen LogP contribution in [0.3, 0.4) is 0 Å².